The van der Waals surface area contributed by atoms with Gasteiger partial charge < -0.3 is 5.32 Å². The summed E-state index contributed by atoms with van der Waals surface area (Å²) in [4.78, 5) is 0. The van der Waals surface area contributed by atoms with Crippen molar-refractivity contribution in [2.24, 2.45) is 0 Å². The van der Waals surface area contributed by atoms with Crippen LogP contribution in [0.1, 0.15) is 24.0 Å². The lowest BCUT2D eigenvalue weighted by atomic mass is 10.1. The quantitative estimate of drug-likeness (QED) is 0.720. The van der Waals surface area contributed by atoms with Gasteiger partial charge in [0, 0.05) is 12.1 Å². The number of nitrogens with one attached hydrogen (secondary N) is 1. The van der Waals surface area contributed by atoms with E-state index in [9.17, 15) is 0 Å². The third-order valence-corrected chi connectivity index (χ3v) is 3.10. The summed E-state index contributed by atoms with van der Waals surface area (Å²) in [5.74, 6) is 0. The summed E-state index contributed by atoms with van der Waals surface area (Å²) >= 11 is 0. The fourth-order valence-corrected chi connectivity index (χ4v) is 2.26. The maximum Gasteiger partial charge on any atom is 0.0151 e. The molecule has 1 nitrogen and oxygen atoms in total. The molecule has 0 radical (unpaired) electrons. The van der Waals surface area contributed by atoms with Crippen LogP contribution in [-0.2, 0) is 12.8 Å². The number of hydrogen-bond donors (Lipinski definition) is 1. The molecule has 0 amide bonds. The van der Waals surface area contributed by atoms with Gasteiger partial charge in [-0.2, -0.15) is 0 Å². The normalized spacial score (nSPS) is 21.8. The SMILES string of the molecule is c1ccc2c(c1)CC(NC1CC1)C2. The molecule has 0 aliphatic heterocycles. The van der Waals surface area contributed by atoms with Crippen LogP contribution < -0.4 is 5.32 Å². The predicted molar refractivity (Wildman–Crippen MR) is 53.8 cm³/mol. The van der Waals surface area contributed by atoms with Crippen molar-refractivity contribution >= 4 is 0 Å². The van der Waals surface area contributed by atoms with Crippen molar-refractivity contribution in [3.05, 3.63) is 35.4 Å². The van der Waals surface area contributed by atoms with Crippen LogP contribution in [-0.4, -0.2) is 12.1 Å². The van der Waals surface area contributed by atoms with Gasteiger partial charge in [0.25, 0.3) is 0 Å². The topological polar surface area (TPSA) is 12.0 Å². The highest BCUT2D eigenvalue weighted by Crippen LogP contribution is 2.26. The zero-order valence-electron chi connectivity index (χ0n) is 7.79. The second kappa shape index (κ2) is 2.85. The minimum atomic E-state index is 0.727. The van der Waals surface area contributed by atoms with Crippen molar-refractivity contribution in [3.8, 4) is 0 Å². The van der Waals surface area contributed by atoms with Gasteiger partial charge in [0.05, 0.1) is 0 Å². The highest BCUT2D eigenvalue weighted by molar-refractivity contribution is 5.33. The lowest BCUT2D eigenvalue weighted by Crippen LogP contribution is -2.31. The van der Waals surface area contributed by atoms with E-state index in [-0.39, 0.29) is 0 Å². The molecule has 0 atom stereocenters. The molecule has 0 unspecified atom stereocenters. The summed E-state index contributed by atoms with van der Waals surface area (Å²) in [5.41, 5.74) is 3.11. The maximum absolute atomic E-state index is 3.70. The van der Waals surface area contributed by atoms with Crippen molar-refractivity contribution in [1.82, 2.24) is 5.32 Å². The highest BCUT2D eigenvalue weighted by atomic mass is 15.0. The van der Waals surface area contributed by atoms with Gasteiger partial charge >= 0.3 is 0 Å². The molecule has 3 rings (SSSR count). The molecular formula is C12H15N. The zero-order valence-corrected chi connectivity index (χ0v) is 7.79. The molecule has 1 fully saturated rings. The van der Waals surface area contributed by atoms with Crippen molar-refractivity contribution in [2.75, 3.05) is 0 Å². The molecule has 1 N–H and O–H groups in total. The van der Waals surface area contributed by atoms with Crippen LogP contribution in [0.5, 0.6) is 0 Å². The lowest BCUT2D eigenvalue weighted by molar-refractivity contribution is 0.530. The summed E-state index contributed by atoms with van der Waals surface area (Å²) in [5, 5.41) is 3.70. The largest absolute Gasteiger partial charge is 0.311 e. The predicted octanol–water partition coefficient (Wildman–Crippen LogP) is 1.91. The Morgan fingerprint density at radius 3 is 2.08 bits per heavy atom. The molecule has 13 heavy (non-hydrogen) atoms. The van der Waals surface area contributed by atoms with Crippen LogP contribution in [0.3, 0.4) is 0 Å². The van der Waals surface area contributed by atoms with Crippen LogP contribution in [0.2, 0.25) is 0 Å². The summed E-state index contributed by atoms with van der Waals surface area (Å²) in [6.45, 7) is 0. The van der Waals surface area contributed by atoms with Crippen LogP contribution in [0, 0.1) is 0 Å². The second-order valence-electron chi connectivity index (χ2n) is 4.31. The Morgan fingerprint density at radius 1 is 0.923 bits per heavy atom. The fraction of sp³-hybridized carbons (Fsp3) is 0.500. The van der Waals surface area contributed by atoms with Crippen molar-refractivity contribution in [2.45, 2.75) is 37.8 Å². The standard InChI is InChI=1S/C12H15N/c1-2-4-10-8-12(7-9(10)3-1)13-11-5-6-11/h1-4,11-13H,5-8H2. The van der Waals surface area contributed by atoms with Crippen LogP contribution in [0.4, 0.5) is 0 Å². The third kappa shape index (κ3) is 1.49. The van der Waals surface area contributed by atoms with E-state index in [0.29, 0.717) is 0 Å². The molecule has 1 aromatic rings. The highest BCUT2D eigenvalue weighted by Gasteiger charge is 2.28. The van der Waals surface area contributed by atoms with Gasteiger partial charge in [-0.25, -0.2) is 0 Å². The smallest absolute Gasteiger partial charge is 0.0151 e. The van der Waals surface area contributed by atoms with Gasteiger partial charge in [-0.1, -0.05) is 24.3 Å². The Bertz CT molecular complexity index is 290. The molecule has 2 aliphatic rings. The third-order valence-electron chi connectivity index (χ3n) is 3.10. The molecule has 68 valence electrons. The maximum atomic E-state index is 3.70. The van der Waals surface area contributed by atoms with Crippen molar-refractivity contribution in [3.63, 3.8) is 0 Å². The molecule has 2 aliphatic carbocycles. The Hall–Kier alpha value is -0.820. The van der Waals surface area contributed by atoms with Gasteiger partial charge in [-0.05, 0) is 36.8 Å². The summed E-state index contributed by atoms with van der Waals surface area (Å²) in [7, 11) is 0. The van der Waals surface area contributed by atoms with E-state index in [1.807, 2.05) is 0 Å². The van der Waals surface area contributed by atoms with Gasteiger partial charge in [0.1, 0.15) is 0 Å². The summed E-state index contributed by atoms with van der Waals surface area (Å²) in [6.07, 6.45) is 5.28. The van der Waals surface area contributed by atoms with Crippen molar-refractivity contribution in [1.29, 1.82) is 0 Å². The van der Waals surface area contributed by atoms with E-state index in [1.54, 1.807) is 11.1 Å². The second-order valence-corrected chi connectivity index (χ2v) is 4.31. The van der Waals surface area contributed by atoms with Crippen molar-refractivity contribution < 1.29 is 0 Å². The zero-order chi connectivity index (χ0) is 8.67. The van der Waals surface area contributed by atoms with E-state index in [2.05, 4.69) is 29.6 Å². The molecule has 0 spiro atoms. The van der Waals surface area contributed by atoms with Crippen LogP contribution in [0.25, 0.3) is 0 Å². The molecular weight excluding hydrogens is 158 g/mol. The van der Waals surface area contributed by atoms with Gasteiger partial charge in [-0.15, -0.1) is 0 Å². The van der Waals surface area contributed by atoms with E-state index in [1.165, 1.54) is 25.7 Å². The summed E-state index contributed by atoms with van der Waals surface area (Å²) < 4.78 is 0. The lowest BCUT2D eigenvalue weighted by Gasteiger charge is -2.09. The van der Waals surface area contributed by atoms with E-state index < -0.39 is 0 Å². The first-order chi connectivity index (χ1) is 6.42. The Kier molecular flexibility index (Phi) is 1.66. The summed E-state index contributed by atoms with van der Waals surface area (Å²) in [6, 6.07) is 10.4. The molecule has 1 heteroatoms. The first kappa shape index (κ1) is 7.57. The molecule has 0 bridgehead atoms. The molecule has 1 aromatic carbocycles. The Morgan fingerprint density at radius 2 is 1.54 bits per heavy atom. The van der Waals surface area contributed by atoms with Crippen LogP contribution >= 0.6 is 0 Å². The minimum absolute atomic E-state index is 0.727. The molecule has 1 saturated carbocycles. The number of benzene rings is 1. The monoisotopic (exact) mass is 173 g/mol. The van der Waals surface area contributed by atoms with Gasteiger partial charge in [-0.3, -0.25) is 0 Å². The Balaban J connectivity index is 1.73. The number of rotatable bonds is 2. The van der Waals surface area contributed by atoms with Gasteiger partial charge in [0.15, 0.2) is 0 Å². The molecule has 0 aromatic heterocycles. The first-order valence-corrected chi connectivity index (χ1v) is 5.24. The average molecular weight is 173 g/mol. The Labute approximate surface area is 79.2 Å². The molecule has 0 saturated heterocycles. The number of hydrogen-bond acceptors (Lipinski definition) is 1. The van der Waals surface area contributed by atoms with E-state index in [4.69, 9.17) is 0 Å². The fourth-order valence-electron chi connectivity index (χ4n) is 2.26. The van der Waals surface area contributed by atoms with Gasteiger partial charge in [0.2, 0.25) is 0 Å². The average Bonchev–Trinajstić information content (AvgIpc) is 2.85. The molecule has 0 heterocycles. The van der Waals surface area contributed by atoms with E-state index >= 15 is 0 Å². The first-order valence-electron chi connectivity index (χ1n) is 5.24. The van der Waals surface area contributed by atoms with E-state index in [0.717, 1.165) is 12.1 Å². The minimum Gasteiger partial charge on any atom is -0.311 e. The van der Waals surface area contributed by atoms with Crippen LogP contribution in [0.15, 0.2) is 24.3 Å². The number of fused-ring (bicyclic) bond motifs is 1.